The second-order valence-electron chi connectivity index (χ2n) is 6.92. The third-order valence-electron chi connectivity index (χ3n) is 4.50. The molecule has 1 N–H and O–H groups in total. The number of hydrogen-bond acceptors (Lipinski definition) is 3. The molecule has 1 amide bonds. The summed E-state index contributed by atoms with van der Waals surface area (Å²) in [5, 5.41) is 3.61. The average molecular weight is 375 g/mol. The van der Waals surface area contributed by atoms with E-state index in [1.165, 1.54) is 5.56 Å². The highest BCUT2D eigenvalue weighted by Gasteiger charge is 2.31. The Morgan fingerprint density at radius 2 is 1.81 bits per heavy atom. The van der Waals surface area contributed by atoms with Gasteiger partial charge in [0.25, 0.3) is 0 Å². The second kappa shape index (κ2) is 8.45. The topological polar surface area (TPSA) is 41.6 Å². The predicted octanol–water partition coefficient (Wildman–Crippen LogP) is 5.19. The standard InChI is InChI=1S/C21H26N2O2.ClH/c1-14(2)25-18-11-9-17(10-12-18)22-20-13-15(3)23(16(4)24)21-8-6-5-7-19(20)21;/h5-12,14-15,20,22H,13H2,1-4H3;1H. The normalized spacial score (nSPS) is 18.7. The molecule has 0 radical (unpaired) electrons. The number of amides is 1. The molecule has 0 aromatic heterocycles. The number of fused-ring (bicyclic) bond motifs is 1. The van der Waals surface area contributed by atoms with Gasteiger partial charge in [0.1, 0.15) is 5.75 Å². The van der Waals surface area contributed by atoms with Crippen molar-refractivity contribution in [2.45, 2.75) is 52.3 Å². The number of benzene rings is 2. The van der Waals surface area contributed by atoms with Crippen molar-refractivity contribution in [3.63, 3.8) is 0 Å². The maximum atomic E-state index is 12.1. The van der Waals surface area contributed by atoms with Crippen LogP contribution in [-0.2, 0) is 4.79 Å². The predicted molar refractivity (Wildman–Crippen MR) is 109 cm³/mol. The van der Waals surface area contributed by atoms with Gasteiger partial charge in [-0.3, -0.25) is 4.79 Å². The number of anilines is 2. The molecule has 0 bridgehead atoms. The van der Waals surface area contributed by atoms with Crippen LogP contribution < -0.4 is 15.0 Å². The molecule has 2 aromatic rings. The van der Waals surface area contributed by atoms with E-state index in [-0.39, 0.29) is 36.5 Å². The van der Waals surface area contributed by atoms with E-state index >= 15 is 0 Å². The third-order valence-corrected chi connectivity index (χ3v) is 4.50. The van der Waals surface area contributed by atoms with Crippen molar-refractivity contribution in [2.75, 3.05) is 10.2 Å². The van der Waals surface area contributed by atoms with Crippen LogP contribution in [0.4, 0.5) is 11.4 Å². The Bertz CT molecular complexity index is 746. The summed E-state index contributed by atoms with van der Waals surface area (Å²) < 4.78 is 5.70. The first-order valence-electron chi connectivity index (χ1n) is 8.87. The van der Waals surface area contributed by atoms with Gasteiger partial charge in [-0.2, -0.15) is 0 Å². The highest BCUT2D eigenvalue weighted by atomic mass is 35.5. The molecule has 0 aliphatic carbocycles. The Morgan fingerprint density at radius 3 is 2.42 bits per heavy atom. The Kier molecular flexibility index (Phi) is 6.54. The molecule has 1 aliphatic rings. The lowest BCUT2D eigenvalue weighted by Gasteiger charge is -2.39. The fourth-order valence-corrected chi connectivity index (χ4v) is 3.53. The number of carbonyl (C=O) groups excluding carboxylic acids is 1. The zero-order valence-electron chi connectivity index (χ0n) is 15.7. The van der Waals surface area contributed by atoms with Gasteiger partial charge in [0.05, 0.1) is 12.1 Å². The van der Waals surface area contributed by atoms with E-state index in [2.05, 4.69) is 18.3 Å². The number of nitrogens with zero attached hydrogens (tertiary/aromatic N) is 1. The van der Waals surface area contributed by atoms with Gasteiger partial charge in [-0.05, 0) is 63.1 Å². The second-order valence-corrected chi connectivity index (χ2v) is 6.92. The smallest absolute Gasteiger partial charge is 0.224 e. The number of rotatable bonds is 4. The third kappa shape index (κ3) is 4.31. The lowest BCUT2D eigenvalue weighted by Crippen LogP contribution is -2.43. The summed E-state index contributed by atoms with van der Waals surface area (Å²) >= 11 is 0. The largest absolute Gasteiger partial charge is 0.491 e. The number of ether oxygens (including phenoxy) is 1. The summed E-state index contributed by atoms with van der Waals surface area (Å²) in [5.74, 6) is 0.967. The SMILES string of the molecule is CC(=O)N1c2ccccc2C(Nc2ccc(OC(C)C)cc2)CC1C.Cl. The molecule has 26 heavy (non-hydrogen) atoms. The van der Waals surface area contributed by atoms with E-state index in [1.807, 2.05) is 61.2 Å². The summed E-state index contributed by atoms with van der Waals surface area (Å²) in [5.41, 5.74) is 3.23. The minimum atomic E-state index is 0. The van der Waals surface area contributed by atoms with Crippen molar-refractivity contribution in [3.8, 4) is 5.75 Å². The summed E-state index contributed by atoms with van der Waals surface area (Å²) in [6.45, 7) is 7.78. The molecular weight excluding hydrogens is 348 g/mol. The number of hydrogen-bond donors (Lipinski definition) is 1. The van der Waals surface area contributed by atoms with Gasteiger partial charge in [0, 0.05) is 24.3 Å². The molecule has 2 aromatic carbocycles. The molecule has 4 nitrogen and oxygen atoms in total. The van der Waals surface area contributed by atoms with Crippen molar-refractivity contribution >= 4 is 29.7 Å². The van der Waals surface area contributed by atoms with E-state index in [0.717, 1.165) is 23.5 Å². The molecule has 0 saturated carbocycles. The lowest BCUT2D eigenvalue weighted by molar-refractivity contribution is -0.117. The van der Waals surface area contributed by atoms with Gasteiger partial charge in [-0.15, -0.1) is 12.4 Å². The Morgan fingerprint density at radius 1 is 1.15 bits per heavy atom. The van der Waals surface area contributed by atoms with E-state index in [0.29, 0.717) is 0 Å². The van der Waals surface area contributed by atoms with Gasteiger partial charge in [-0.25, -0.2) is 0 Å². The van der Waals surface area contributed by atoms with Crippen molar-refractivity contribution < 1.29 is 9.53 Å². The van der Waals surface area contributed by atoms with Crippen LogP contribution in [0.3, 0.4) is 0 Å². The monoisotopic (exact) mass is 374 g/mol. The van der Waals surface area contributed by atoms with Crippen LogP contribution in [0, 0.1) is 0 Å². The van der Waals surface area contributed by atoms with Crippen LogP contribution in [0.5, 0.6) is 5.75 Å². The minimum absolute atomic E-state index is 0. The van der Waals surface area contributed by atoms with Gasteiger partial charge >= 0.3 is 0 Å². The summed E-state index contributed by atoms with van der Waals surface area (Å²) in [7, 11) is 0. The molecule has 0 fully saturated rings. The van der Waals surface area contributed by atoms with Crippen LogP contribution in [0.25, 0.3) is 0 Å². The average Bonchev–Trinajstić information content (AvgIpc) is 2.56. The van der Waals surface area contributed by atoms with E-state index < -0.39 is 0 Å². The first-order valence-corrected chi connectivity index (χ1v) is 8.87. The Balaban J connectivity index is 0.00000243. The summed E-state index contributed by atoms with van der Waals surface area (Å²) in [6.07, 6.45) is 1.04. The number of para-hydroxylation sites is 1. The molecule has 3 rings (SSSR count). The zero-order valence-corrected chi connectivity index (χ0v) is 16.5. The molecule has 1 heterocycles. The Labute approximate surface area is 162 Å². The highest BCUT2D eigenvalue weighted by molar-refractivity contribution is 5.93. The van der Waals surface area contributed by atoms with E-state index in [9.17, 15) is 4.79 Å². The maximum Gasteiger partial charge on any atom is 0.224 e. The molecule has 5 heteroatoms. The van der Waals surface area contributed by atoms with Crippen LogP contribution in [0.15, 0.2) is 48.5 Å². The minimum Gasteiger partial charge on any atom is -0.491 e. The number of halogens is 1. The maximum absolute atomic E-state index is 12.1. The van der Waals surface area contributed by atoms with Crippen molar-refractivity contribution in [3.05, 3.63) is 54.1 Å². The van der Waals surface area contributed by atoms with Crippen LogP contribution in [-0.4, -0.2) is 18.1 Å². The summed E-state index contributed by atoms with van der Waals surface area (Å²) in [6, 6.07) is 16.6. The highest BCUT2D eigenvalue weighted by Crippen LogP contribution is 2.38. The first kappa shape index (κ1) is 20.1. The van der Waals surface area contributed by atoms with Gasteiger partial charge < -0.3 is 15.0 Å². The van der Waals surface area contributed by atoms with Crippen molar-refractivity contribution in [2.24, 2.45) is 0 Å². The fourth-order valence-electron chi connectivity index (χ4n) is 3.53. The fraction of sp³-hybridized carbons (Fsp3) is 0.381. The molecule has 2 unspecified atom stereocenters. The molecule has 1 aliphatic heterocycles. The van der Waals surface area contributed by atoms with Gasteiger partial charge in [0.2, 0.25) is 5.91 Å². The summed E-state index contributed by atoms with van der Waals surface area (Å²) in [4.78, 5) is 13.9. The molecule has 2 atom stereocenters. The van der Waals surface area contributed by atoms with Gasteiger partial charge in [-0.1, -0.05) is 18.2 Å². The molecule has 0 spiro atoms. The molecule has 140 valence electrons. The quantitative estimate of drug-likeness (QED) is 0.800. The van der Waals surface area contributed by atoms with E-state index in [1.54, 1.807) is 6.92 Å². The van der Waals surface area contributed by atoms with Crippen LogP contribution in [0.1, 0.15) is 45.7 Å². The van der Waals surface area contributed by atoms with Crippen molar-refractivity contribution in [1.29, 1.82) is 0 Å². The van der Waals surface area contributed by atoms with Crippen LogP contribution >= 0.6 is 12.4 Å². The zero-order chi connectivity index (χ0) is 18.0. The number of nitrogens with one attached hydrogen (secondary N) is 1. The first-order chi connectivity index (χ1) is 12.0. The van der Waals surface area contributed by atoms with Crippen molar-refractivity contribution in [1.82, 2.24) is 0 Å². The van der Waals surface area contributed by atoms with Gasteiger partial charge in [0.15, 0.2) is 0 Å². The Hall–Kier alpha value is -2.20. The molecular formula is C21H27ClN2O2. The molecule has 0 saturated heterocycles. The number of carbonyl (C=O) groups is 1. The van der Waals surface area contributed by atoms with E-state index in [4.69, 9.17) is 4.74 Å². The van der Waals surface area contributed by atoms with Crippen LogP contribution in [0.2, 0.25) is 0 Å². The lowest BCUT2D eigenvalue weighted by atomic mass is 9.91.